The molecular formula is C27H23N5O3S. The molecule has 2 aliphatic rings. The highest BCUT2D eigenvalue weighted by Gasteiger charge is 2.53. The number of nitrogens with zero attached hydrogens (tertiary/aromatic N) is 5. The van der Waals surface area contributed by atoms with Crippen molar-refractivity contribution in [3.63, 3.8) is 0 Å². The Labute approximate surface area is 211 Å². The third-order valence-corrected chi connectivity index (χ3v) is 7.88. The van der Waals surface area contributed by atoms with Crippen LogP contribution in [0.25, 0.3) is 10.4 Å². The molecule has 4 atom stereocenters. The van der Waals surface area contributed by atoms with Gasteiger partial charge in [-0.3, -0.25) is 19.5 Å². The Morgan fingerprint density at radius 3 is 2.28 bits per heavy atom. The van der Waals surface area contributed by atoms with E-state index in [4.69, 9.17) is 0 Å². The summed E-state index contributed by atoms with van der Waals surface area (Å²) in [5.74, 6) is -1.21. The zero-order valence-corrected chi connectivity index (χ0v) is 20.0. The molecule has 0 saturated carbocycles. The molecule has 9 heteroatoms. The maximum atomic E-state index is 13.7. The van der Waals surface area contributed by atoms with Gasteiger partial charge < -0.3 is 5.11 Å². The highest BCUT2D eigenvalue weighted by Crippen LogP contribution is 2.38. The van der Waals surface area contributed by atoms with Gasteiger partial charge in [0.2, 0.25) is 5.91 Å². The standard InChI is InChI=1S/C27H23N5O3S/c33-25(23-14-13-22(36-23)19-9-5-2-6-10-19)21-12-11-20-24(32(21)30-16-28-29-17-30)27(35)31(26(20)34)15-18-7-3-1-4-8-18/h1-14,16-17,20-21,24-25,33H,15H2. The van der Waals surface area contributed by atoms with Gasteiger partial charge >= 0.3 is 0 Å². The Hall–Kier alpha value is -4.08. The van der Waals surface area contributed by atoms with Crippen LogP contribution in [0.2, 0.25) is 0 Å². The number of benzene rings is 2. The molecule has 36 heavy (non-hydrogen) atoms. The van der Waals surface area contributed by atoms with Crippen LogP contribution in [-0.2, 0) is 16.1 Å². The summed E-state index contributed by atoms with van der Waals surface area (Å²) in [6.07, 6.45) is 5.61. The van der Waals surface area contributed by atoms with Crippen molar-refractivity contribution in [1.82, 2.24) is 19.8 Å². The molecule has 1 N–H and O–H groups in total. The Kier molecular flexibility index (Phi) is 5.71. The minimum atomic E-state index is -0.932. The van der Waals surface area contributed by atoms with Crippen molar-refractivity contribution in [2.75, 3.05) is 5.01 Å². The lowest BCUT2D eigenvalue weighted by molar-refractivity contribution is -0.139. The van der Waals surface area contributed by atoms with Crippen LogP contribution in [0, 0.1) is 5.92 Å². The van der Waals surface area contributed by atoms with Crippen molar-refractivity contribution in [1.29, 1.82) is 0 Å². The molecule has 4 aromatic rings. The van der Waals surface area contributed by atoms with Gasteiger partial charge in [0.25, 0.3) is 5.91 Å². The number of amides is 2. The number of hydrogen-bond acceptors (Lipinski definition) is 7. The quantitative estimate of drug-likeness (QED) is 0.325. The van der Waals surface area contributed by atoms with Crippen molar-refractivity contribution in [3.05, 3.63) is 108 Å². The molecule has 2 amide bonds. The minimum Gasteiger partial charge on any atom is -0.385 e. The van der Waals surface area contributed by atoms with Crippen molar-refractivity contribution in [3.8, 4) is 10.4 Å². The van der Waals surface area contributed by atoms with Gasteiger partial charge in [0.05, 0.1) is 18.5 Å². The molecule has 0 radical (unpaired) electrons. The predicted molar refractivity (Wildman–Crippen MR) is 135 cm³/mol. The summed E-state index contributed by atoms with van der Waals surface area (Å²) in [6.45, 7) is 0.202. The van der Waals surface area contributed by atoms with E-state index in [1.54, 1.807) is 15.8 Å². The number of carbonyl (C=O) groups is 2. The topological polar surface area (TPSA) is 91.6 Å². The van der Waals surface area contributed by atoms with Gasteiger partial charge in [0, 0.05) is 9.75 Å². The highest BCUT2D eigenvalue weighted by atomic mass is 32.1. The zero-order chi connectivity index (χ0) is 24.6. The third-order valence-electron chi connectivity index (χ3n) is 6.67. The Morgan fingerprint density at radius 1 is 0.861 bits per heavy atom. The van der Waals surface area contributed by atoms with Crippen LogP contribution < -0.4 is 5.01 Å². The van der Waals surface area contributed by atoms with Gasteiger partial charge in [-0.1, -0.05) is 72.8 Å². The summed E-state index contributed by atoms with van der Waals surface area (Å²) < 4.78 is 1.60. The number of aromatic nitrogens is 3. The maximum absolute atomic E-state index is 13.7. The lowest BCUT2D eigenvalue weighted by Gasteiger charge is -2.41. The number of likely N-dealkylation sites (tertiary alicyclic amines) is 1. The van der Waals surface area contributed by atoms with E-state index in [1.807, 2.05) is 78.9 Å². The molecule has 180 valence electrons. The maximum Gasteiger partial charge on any atom is 0.255 e. The Bertz CT molecular complexity index is 1400. The molecule has 0 bridgehead atoms. The lowest BCUT2D eigenvalue weighted by atomic mass is 9.92. The minimum absolute atomic E-state index is 0.202. The average Bonchev–Trinajstić information content (AvgIpc) is 3.67. The van der Waals surface area contributed by atoms with Crippen LogP contribution in [0.3, 0.4) is 0 Å². The number of thiophene rings is 1. The first kappa shape index (κ1) is 22.4. The molecule has 2 aromatic carbocycles. The van der Waals surface area contributed by atoms with E-state index in [9.17, 15) is 14.7 Å². The summed E-state index contributed by atoms with van der Waals surface area (Å²) in [5, 5.41) is 21.0. The van der Waals surface area contributed by atoms with Gasteiger partial charge in [-0.05, 0) is 23.3 Å². The number of fused-ring (bicyclic) bond motifs is 1. The summed E-state index contributed by atoms with van der Waals surface area (Å²) in [4.78, 5) is 30.1. The van der Waals surface area contributed by atoms with E-state index in [1.165, 1.54) is 28.9 Å². The van der Waals surface area contributed by atoms with Crippen molar-refractivity contribution < 1.29 is 14.7 Å². The van der Waals surface area contributed by atoms with Crippen LogP contribution in [0.1, 0.15) is 16.5 Å². The smallest absolute Gasteiger partial charge is 0.255 e. The molecule has 2 aliphatic heterocycles. The first-order chi connectivity index (χ1) is 17.6. The van der Waals surface area contributed by atoms with Crippen LogP contribution in [0.5, 0.6) is 0 Å². The summed E-state index contributed by atoms with van der Waals surface area (Å²) in [7, 11) is 0. The molecule has 8 nitrogen and oxygen atoms in total. The van der Waals surface area contributed by atoms with E-state index in [2.05, 4.69) is 10.2 Å². The summed E-state index contributed by atoms with van der Waals surface area (Å²) in [5.41, 5.74) is 1.95. The predicted octanol–water partition coefficient (Wildman–Crippen LogP) is 3.17. The Morgan fingerprint density at radius 2 is 1.56 bits per heavy atom. The second-order valence-corrected chi connectivity index (χ2v) is 9.94. The molecule has 1 fully saturated rings. The van der Waals surface area contributed by atoms with E-state index >= 15 is 0 Å². The van der Waals surface area contributed by atoms with E-state index in [-0.39, 0.29) is 18.4 Å². The second-order valence-electron chi connectivity index (χ2n) is 8.83. The van der Waals surface area contributed by atoms with Crippen LogP contribution in [0.15, 0.2) is 97.6 Å². The first-order valence-electron chi connectivity index (χ1n) is 11.7. The monoisotopic (exact) mass is 497 g/mol. The zero-order valence-electron chi connectivity index (χ0n) is 19.2. The molecular weight excluding hydrogens is 474 g/mol. The second kappa shape index (κ2) is 9.18. The van der Waals surface area contributed by atoms with Gasteiger partial charge in [-0.2, -0.15) is 0 Å². The molecule has 2 aromatic heterocycles. The highest BCUT2D eigenvalue weighted by molar-refractivity contribution is 7.15. The van der Waals surface area contributed by atoms with Gasteiger partial charge in [0.15, 0.2) is 0 Å². The molecule has 0 aliphatic carbocycles. The summed E-state index contributed by atoms with van der Waals surface area (Å²) in [6, 6.07) is 21.9. The van der Waals surface area contributed by atoms with Gasteiger partial charge in [0.1, 0.15) is 24.8 Å². The number of rotatable bonds is 6. The van der Waals surface area contributed by atoms with E-state index in [0.717, 1.165) is 20.9 Å². The first-order valence-corrected chi connectivity index (χ1v) is 12.5. The number of aliphatic hydroxyl groups is 1. The number of imide groups is 1. The molecule has 0 spiro atoms. The fourth-order valence-electron chi connectivity index (χ4n) is 4.93. The van der Waals surface area contributed by atoms with Crippen molar-refractivity contribution >= 4 is 23.2 Å². The van der Waals surface area contributed by atoms with E-state index in [0.29, 0.717) is 0 Å². The molecule has 1 saturated heterocycles. The number of carbonyl (C=O) groups excluding carboxylic acids is 2. The Balaban J connectivity index is 1.33. The molecule has 4 unspecified atom stereocenters. The number of aliphatic hydroxyl groups excluding tert-OH is 1. The molecule has 4 heterocycles. The van der Waals surface area contributed by atoms with Crippen LogP contribution >= 0.6 is 11.3 Å². The van der Waals surface area contributed by atoms with Gasteiger partial charge in [-0.15, -0.1) is 21.5 Å². The largest absolute Gasteiger partial charge is 0.385 e. The molecule has 6 rings (SSSR count). The van der Waals surface area contributed by atoms with Crippen LogP contribution in [-0.4, -0.2) is 48.8 Å². The third kappa shape index (κ3) is 3.82. The van der Waals surface area contributed by atoms with Crippen molar-refractivity contribution in [2.45, 2.75) is 24.7 Å². The normalized spacial score (nSPS) is 22.2. The van der Waals surface area contributed by atoms with E-state index < -0.39 is 24.1 Å². The SMILES string of the molecule is O=C1C2C=CC(C(O)c3ccc(-c4ccccc4)s3)N(n3cnnc3)C2C(=O)N1Cc1ccccc1. The fraction of sp³-hybridized carbons (Fsp3) is 0.185. The van der Waals surface area contributed by atoms with Crippen molar-refractivity contribution in [2.24, 2.45) is 5.92 Å². The fourth-order valence-corrected chi connectivity index (χ4v) is 5.97. The van der Waals surface area contributed by atoms with Gasteiger partial charge in [-0.25, -0.2) is 4.68 Å². The average molecular weight is 498 g/mol. The summed E-state index contributed by atoms with van der Waals surface area (Å²) >= 11 is 1.50. The van der Waals surface area contributed by atoms with Crippen LogP contribution in [0.4, 0.5) is 0 Å². The lowest BCUT2D eigenvalue weighted by Crippen LogP contribution is -2.58. The number of hydrogen-bond donors (Lipinski definition) is 1.